The molecule has 0 saturated heterocycles. The summed E-state index contributed by atoms with van der Waals surface area (Å²) in [6.07, 6.45) is 3.23. The molecule has 5 heteroatoms. The lowest BCUT2D eigenvalue weighted by molar-refractivity contribution is 0.167. The Morgan fingerprint density at radius 3 is 2.79 bits per heavy atom. The van der Waals surface area contributed by atoms with Crippen LogP contribution < -0.4 is 10.1 Å². The summed E-state index contributed by atoms with van der Waals surface area (Å²) in [5, 5.41) is 3.35. The molecule has 1 aromatic carbocycles. The van der Waals surface area contributed by atoms with Crippen molar-refractivity contribution < 1.29 is 13.2 Å². The van der Waals surface area contributed by atoms with Gasteiger partial charge in [0.05, 0.1) is 4.90 Å². The molecule has 0 aliphatic carbocycles. The third-order valence-corrected chi connectivity index (χ3v) is 4.36. The molecule has 0 bridgehead atoms. The van der Waals surface area contributed by atoms with Gasteiger partial charge in [-0.1, -0.05) is 19.9 Å². The molecule has 1 aromatic rings. The van der Waals surface area contributed by atoms with Gasteiger partial charge in [0.1, 0.15) is 11.9 Å². The van der Waals surface area contributed by atoms with Crippen molar-refractivity contribution in [2.45, 2.75) is 43.7 Å². The highest BCUT2D eigenvalue weighted by molar-refractivity contribution is 7.90. The lowest BCUT2D eigenvalue weighted by Crippen LogP contribution is -2.37. The first-order valence-electron chi connectivity index (χ1n) is 6.59. The van der Waals surface area contributed by atoms with Crippen molar-refractivity contribution in [3.8, 4) is 5.75 Å². The molecule has 1 heterocycles. The highest BCUT2D eigenvalue weighted by Gasteiger charge is 2.21. The van der Waals surface area contributed by atoms with Gasteiger partial charge in [-0.2, -0.15) is 0 Å². The fraction of sp³-hybridized carbons (Fsp3) is 0.571. The predicted octanol–water partition coefficient (Wildman–Crippen LogP) is 1.78. The number of sulfone groups is 1. The predicted molar refractivity (Wildman–Crippen MR) is 75.4 cm³/mol. The van der Waals surface area contributed by atoms with Crippen LogP contribution in [0, 0.1) is 0 Å². The summed E-state index contributed by atoms with van der Waals surface area (Å²) in [5.74, 6) is 0.713. The van der Waals surface area contributed by atoms with Gasteiger partial charge in [0.2, 0.25) is 0 Å². The zero-order chi connectivity index (χ0) is 14.0. The SMILES string of the molecule is CC(C)NC[C@H]1CCc2ccc(S(C)(=O)=O)cc2O1. The molecule has 0 radical (unpaired) electrons. The number of rotatable bonds is 4. The van der Waals surface area contributed by atoms with Crippen molar-refractivity contribution >= 4 is 9.84 Å². The topological polar surface area (TPSA) is 55.4 Å². The van der Waals surface area contributed by atoms with E-state index in [1.54, 1.807) is 12.1 Å². The molecule has 0 fully saturated rings. The number of hydrogen-bond donors (Lipinski definition) is 1. The molecule has 0 spiro atoms. The molecule has 2 rings (SSSR count). The summed E-state index contributed by atoms with van der Waals surface area (Å²) in [7, 11) is -3.18. The molecule has 4 nitrogen and oxygen atoms in total. The molecule has 0 unspecified atom stereocenters. The van der Waals surface area contributed by atoms with Gasteiger partial charge < -0.3 is 10.1 Å². The van der Waals surface area contributed by atoms with E-state index in [1.165, 1.54) is 6.26 Å². The van der Waals surface area contributed by atoms with E-state index in [1.807, 2.05) is 6.07 Å². The lowest BCUT2D eigenvalue weighted by Gasteiger charge is -2.27. The number of fused-ring (bicyclic) bond motifs is 1. The van der Waals surface area contributed by atoms with Gasteiger partial charge in [0.15, 0.2) is 9.84 Å². The first kappa shape index (κ1) is 14.3. The van der Waals surface area contributed by atoms with Crippen LogP contribution >= 0.6 is 0 Å². The van der Waals surface area contributed by atoms with Crippen LogP contribution in [0.25, 0.3) is 0 Å². The van der Waals surface area contributed by atoms with Gasteiger partial charge in [-0.05, 0) is 30.5 Å². The maximum absolute atomic E-state index is 11.5. The Morgan fingerprint density at radius 2 is 2.16 bits per heavy atom. The Balaban J connectivity index is 2.14. The molecular formula is C14H21NO3S. The highest BCUT2D eigenvalue weighted by atomic mass is 32.2. The van der Waals surface area contributed by atoms with Crippen molar-refractivity contribution in [1.82, 2.24) is 5.32 Å². The summed E-state index contributed by atoms with van der Waals surface area (Å²) < 4.78 is 29.0. The monoisotopic (exact) mass is 283 g/mol. The Morgan fingerprint density at radius 1 is 1.42 bits per heavy atom. The van der Waals surface area contributed by atoms with Crippen LogP contribution in [0.1, 0.15) is 25.8 Å². The van der Waals surface area contributed by atoms with E-state index in [0.29, 0.717) is 16.7 Å². The summed E-state index contributed by atoms with van der Waals surface area (Å²) in [5.41, 5.74) is 1.09. The van der Waals surface area contributed by atoms with Crippen molar-refractivity contribution in [1.29, 1.82) is 0 Å². The van der Waals surface area contributed by atoms with Gasteiger partial charge in [0.25, 0.3) is 0 Å². The third kappa shape index (κ3) is 3.70. The average Bonchev–Trinajstić information content (AvgIpc) is 2.34. The standard InChI is InChI=1S/C14H21NO3S/c1-10(2)15-9-12-6-4-11-5-7-13(19(3,16)17)8-14(11)18-12/h5,7-8,10,12,15H,4,6,9H2,1-3H3/t12-/m1/s1. The smallest absolute Gasteiger partial charge is 0.175 e. The Bertz CT molecular complexity index is 552. The summed E-state index contributed by atoms with van der Waals surface area (Å²) in [6, 6.07) is 5.58. The quantitative estimate of drug-likeness (QED) is 0.915. The van der Waals surface area contributed by atoms with Gasteiger partial charge in [-0.3, -0.25) is 0 Å². The van der Waals surface area contributed by atoms with E-state index in [0.717, 1.165) is 24.9 Å². The van der Waals surface area contributed by atoms with Crippen LogP contribution in [0.15, 0.2) is 23.1 Å². The normalized spacial score (nSPS) is 19.1. The van der Waals surface area contributed by atoms with Gasteiger partial charge in [-0.15, -0.1) is 0 Å². The number of aryl methyl sites for hydroxylation is 1. The Hall–Kier alpha value is -1.07. The number of ether oxygens (including phenoxy) is 1. The number of benzene rings is 1. The minimum atomic E-state index is -3.18. The molecular weight excluding hydrogens is 262 g/mol. The number of hydrogen-bond acceptors (Lipinski definition) is 4. The van der Waals surface area contributed by atoms with Crippen molar-refractivity contribution in [3.63, 3.8) is 0 Å². The highest BCUT2D eigenvalue weighted by Crippen LogP contribution is 2.29. The van der Waals surface area contributed by atoms with Gasteiger partial charge in [0, 0.05) is 18.8 Å². The van der Waals surface area contributed by atoms with Crippen molar-refractivity contribution in [2.75, 3.05) is 12.8 Å². The maximum Gasteiger partial charge on any atom is 0.175 e. The van der Waals surface area contributed by atoms with E-state index in [2.05, 4.69) is 19.2 Å². The summed E-state index contributed by atoms with van der Waals surface area (Å²) >= 11 is 0. The molecule has 1 atom stereocenters. The fourth-order valence-corrected chi connectivity index (χ4v) is 2.78. The number of nitrogens with one attached hydrogen (secondary N) is 1. The van der Waals surface area contributed by atoms with Crippen molar-refractivity contribution in [3.05, 3.63) is 23.8 Å². The molecule has 0 saturated carbocycles. The van der Waals surface area contributed by atoms with E-state index in [9.17, 15) is 8.42 Å². The first-order chi connectivity index (χ1) is 8.86. The minimum Gasteiger partial charge on any atom is -0.489 e. The van der Waals surface area contributed by atoms with E-state index in [4.69, 9.17) is 4.74 Å². The summed E-state index contributed by atoms with van der Waals surface area (Å²) in [6.45, 7) is 4.98. The van der Waals surface area contributed by atoms with Gasteiger partial charge >= 0.3 is 0 Å². The third-order valence-electron chi connectivity index (χ3n) is 3.25. The van der Waals surface area contributed by atoms with E-state index >= 15 is 0 Å². The average molecular weight is 283 g/mol. The zero-order valence-electron chi connectivity index (χ0n) is 11.6. The van der Waals surface area contributed by atoms with Crippen LogP contribution in [-0.4, -0.2) is 33.4 Å². The van der Waals surface area contributed by atoms with Crippen LogP contribution in [0.4, 0.5) is 0 Å². The second-order valence-corrected chi connectivity index (χ2v) is 7.40. The van der Waals surface area contributed by atoms with Crippen LogP contribution in [-0.2, 0) is 16.3 Å². The fourth-order valence-electron chi connectivity index (χ4n) is 2.15. The molecule has 1 N–H and O–H groups in total. The summed E-state index contributed by atoms with van der Waals surface area (Å²) in [4.78, 5) is 0.323. The first-order valence-corrected chi connectivity index (χ1v) is 8.48. The van der Waals surface area contributed by atoms with Crippen LogP contribution in [0.5, 0.6) is 5.75 Å². The second kappa shape index (κ2) is 5.51. The van der Waals surface area contributed by atoms with Crippen LogP contribution in [0.3, 0.4) is 0 Å². The molecule has 19 heavy (non-hydrogen) atoms. The maximum atomic E-state index is 11.5. The zero-order valence-corrected chi connectivity index (χ0v) is 12.5. The molecule has 0 amide bonds. The second-order valence-electron chi connectivity index (χ2n) is 5.38. The lowest BCUT2D eigenvalue weighted by atomic mass is 10.0. The van der Waals surface area contributed by atoms with E-state index < -0.39 is 9.84 Å². The van der Waals surface area contributed by atoms with Gasteiger partial charge in [-0.25, -0.2) is 8.42 Å². The van der Waals surface area contributed by atoms with Crippen molar-refractivity contribution in [2.24, 2.45) is 0 Å². The Labute approximate surface area is 115 Å². The Kier molecular flexibility index (Phi) is 4.16. The largest absolute Gasteiger partial charge is 0.489 e. The van der Waals surface area contributed by atoms with E-state index in [-0.39, 0.29) is 6.10 Å². The minimum absolute atomic E-state index is 0.115. The van der Waals surface area contributed by atoms with Crippen LogP contribution in [0.2, 0.25) is 0 Å². The molecule has 106 valence electrons. The molecule has 1 aliphatic rings. The molecule has 1 aliphatic heterocycles. The molecule has 0 aromatic heterocycles.